The number of ether oxygens (including phenoxy) is 2. The highest BCUT2D eigenvalue weighted by molar-refractivity contribution is 9.10. The highest BCUT2D eigenvalue weighted by Gasteiger charge is 2.31. The number of morpholine rings is 1. The summed E-state index contributed by atoms with van der Waals surface area (Å²) in [4.78, 5) is 2.59. The van der Waals surface area contributed by atoms with Crippen molar-refractivity contribution in [1.82, 2.24) is 4.90 Å². The predicted molar refractivity (Wildman–Crippen MR) is 99.5 cm³/mol. The van der Waals surface area contributed by atoms with Gasteiger partial charge in [0, 0.05) is 23.6 Å². The molecule has 0 N–H and O–H groups in total. The minimum absolute atomic E-state index is 0. The number of nitrogens with zero attached hydrogens (tertiary/aromatic N) is 1. The summed E-state index contributed by atoms with van der Waals surface area (Å²) in [5.74, 6) is 0. The zero-order valence-corrected chi connectivity index (χ0v) is 16.0. The summed E-state index contributed by atoms with van der Waals surface area (Å²) >= 11 is 3.53. The zero-order valence-electron chi connectivity index (χ0n) is 13.6. The maximum absolute atomic E-state index is 6.29. The molecule has 2 aliphatic rings. The lowest BCUT2D eigenvalue weighted by Crippen LogP contribution is -2.51. The Morgan fingerprint density at radius 1 is 1.17 bits per heavy atom. The van der Waals surface area contributed by atoms with Crippen molar-refractivity contribution >= 4 is 28.3 Å². The van der Waals surface area contributed by atoms with Crippen molar-refractivity contribution in [1.29, 1.82) is 0 Å². The van der Waals surface area contributed by atoms with Gasteiger partial charge in [0.2, 0.25) is 0 Å². The van der Waals surface area contributed by atoms with E-state index in [1.54, 1.807) is 0 Å². The van der Waals surface area contributed by atoms with E-state index in [9.17, 15) is 0 Å². The van der Waals surface area contributed by atoms with Gasteiger partial charge < -0.3 is 9.47 Å². The molecule has 130 valence electrons. The fourth-order valence-corrected chi connectivity index (χ4v) is 4.07. The highest BCUT2D eigenvalue weighted by atomic mass is 79.9. The van der Waals surface area contributed by atoms with Gasteiger partial charge in [0.05, 0.1) is 25.9 Å². The summed E-state index contributed by atoms with van der Waals surface area (Å²) < 4.78 is 12.9. The molecule has 0 unspecified atom stereocenters. The Morgan fingerprint density at radius 3 is 2.74 bits per heavy atom. The molecule has 1 saturated carbocycles. The van der Waals surface area contributed by atoms with Crippen molar-refractivity contribution in [3.63, 3.8) is 0 Å². The van der Waals surface area contributed by atoms with Crippen molar-refractivity contribution in [2.24, 2.45) is 0 Å². The molecular weight excluding hydrogens is 378 g/mol. The lowest BCUT2D eigenvalue weighted by atomic mass is 9.91. The van der Waals surface area contributed by atoms with E-state index in [4.69, 9.17) is 9.47 Å². The normalized spacial score (nSPS) is 25.8. The quantitative estimate of drug-likeness (QED) is 0.738. The van der Waals surface area contributed by atoms with E-state index in [1.165, 1.54) is 31.2 Å². The lowest BCUT2D eigenvalue weighted by molar-refractivity contribution is -0.0647. The molecule has 5 heteroatoms. The van der Waals surface area contributed by atoms with Crippen LogP contribution in [-0.2, 0) is 15.9 Å². The minimum atomic E-state index is 0. The Kier molecular flexibility index (Phi) is 8.34. The Labute approximate surface area is 154 Å². The number of rotatable bonds is 5. The van der Waals surface area contributed by atoms with Gasteiger partial charge in [-0.15, -0.1) is 12.4 Å². The van der Waals surface area contributed by atoms with Crippen LogP contribution in [0.25, 0.3) is 0 Å². The second-order valence-electron chi connectivity index (χ2n) is 6.29. The van der Waals surface area contributed by atoms with Crippen LogP contribution >= 0.6 is 28.3 Å². The van der Waals surface area contributed by atoms with Crippen LogP contribution in [0, 0.1) is 0 Å². The molecule has 0 radical (unpaired) electrons. The fourth-order valence-electron chi connectivity index (χ4n) is 3.62. The molecule has 1 saturated heterocycles. The summed E-state index contributed by atoms with van der Waals surface area (Å²) in [7, 11) is 0. The fraction of sp³-hybridized carbons (Fsp3) is 0.667. The van der Waals surface area contributed by atoms with Crippen LogP contribution in [0.1, 0.15) is 31.2 Å². The topological polar surface area (TPSA) is 21.7 Å². The Bertz CT molecular complexity index is 468. The third-order valence-electron chi connectivity index (χ3n) is 4.79. The van der Waals surface area contributed by atoms with Gasteiger partial charge in [0.15, 0.2) is 0 Å². The monoisotopic (exact) mass is 403 g/mol. The van der Waals surface area contributed by atoms with E-state index < -0.39 is 0 Å². The second kappa shape index (κ2) is 10.00. The van der Waals surface area contributed by atoms with Gasteiger partial charge in [0.1, 0.15) is 0 Å². The number of halogens is 2. The molecule has 0 amide bonds. The maximum atomic E-state index is 6.29. The van der Waals surface area contributed by atoms with Crippen molar-refractivity contribution < 1.29 is 9.47 Å². The van der Waals surface area contributed by atoms with Crippen molar-refractivity contribution in [2.75, 3.05) is 32.9 Å². The summed E-state index contributed by atoms with van der Waals surface area (Å²) in [6, 6.07) is 9.12. The molecule has 0 aromatic heterocycles. The Morgan fingerprint density at radius 2 is 1.96 bits per heavy atom. The van der Waals surface area contributed by atoms with Gasteiger partial charge in [-0.2, -0.15) is 0 Å². The summed E-state index contributed by atoms with van der Waals surface area (Å²) in [5, 5.41) is 0. The van der Waals surface area contributed by atoms with Gasteiger partial charge in [0.25, 0.3) is 0 Å². The van der Waals surface area contributed by atoms with Gasteiger partial charge in [-0.3, -0.25) is 4.90 Å². The largest absolute Gasteiger partial charge is 0.379 e. The average molecular weight is 405 g/mol. The molecule has 1 aliphatic carbocycles. The molecule has 3 rings (SSSR count). The molecule has 0 bridgehead atoms. The van der Waals surface area contributed by atoms with Gasteiger partial charge in [-0.25, -0.2) is 0 Å². The number of hydrogen-bond donors (Lipinski definition) is 0. The average Bonchev–Trinajstić information content (AvgIpc) is 2.56. The molecule has 3 nitrogen and oxygen atoms in total. The first-order chi connectivity index (χ1) is 10.8. The van der Waals surface area contributed by atoms with Crippen LogP contribution in [0.3, 0.4) is 0 Å². The van der Waals surface area contributed by atoms with Crippen LogP contribution in [0.15, 0.2) is 28.7 Å². The van der Waals surface area contributed by atoms with E-state index in [0.717, 1.165) is 43.8 Å². The first-order valence-electron chi connectivity index (χ1n) is 8.51. The third kappa shape index (κ3) is 5.71. The first-order valence-corrected chi connectivity index (χ1v) is 9.30. The molecule has 1 aromatic carbocycles. The smallest absolute Gasteiger partial charge is 0.0730 e. The molecule has 1 aromatic rings. The van der Waals surface area contributed by atoms with Crippen molar-refractivity contribution in [3.8, 4) is 0 Å². The summed E-state index contributed by atoms with van der Waals surface area (Å²) in [5.41, 5.74) is 1.34. The van der Waals surface area contributed by atoms with E-state index in [1.807, 2.05) is 0 Å². The van der Waals surface area contributed by atoms with E-state index in [2.05, 4.69) is 45.1 Å². The van der Waals surface area contributed by atoms with E-state index in [-0.39, 0.29) is 12.4 Å². The van der Waals surface area contributed by atoms with E-state index >= 15 is 0 Å². The van der Waals surface area contributed by atoms with Crippen molar-refractivity contribution in [2.45, 2.75) is 44.2 Å². The van der Waals surface area contributed by atoms with Crippen LogP contribution in [0.4, 0.5) is 0 Å². The second-order valence-corrected chi connectivity index (χ2v) is 7.20. The molecule has 23 heavy (non-hydrogen) atoms. The van der Waals surface area contributed by atoms with Crippen LogP contribution in [-0.4, -0.2) is 50.0 Å². The lowest BCUT2D eigenvalue weighted by Gasteiger charge is -2.41. The molecule has 0 spiro atoms. The zero-order chi connectivity index (χ0) is 15.2. The molecule has 2 fully saturated rings. The highest BCUT2D eigenvalue weighted by Crippen LogP contribution is 2.26. The van der Waals surface area contributed by atoms with Gasteiger partial charge >= 0.3 is 0 Å². The van der Waals surface area contributed by atoms with Crippen LogP contribution < -0.4 is 0 Å². The number of hydrogen-bond acceptors (Lipinski definition) is 3. The predicted octanol–water partition coefficient (Wildman–Crippen LogP) is 4.07. The maximum Gasteiger partial charge on any atom is 0.0730 e. The van der Waals surface area contributed by atoms with E-state index in [0.29, 0.717) is 12.1 Å². The number of benzene rings is 1. The molecule has 2 atom stereocenters. The standard InChI is InChI=1S/C18H26BrNO2.ClH/c19-16-5-3-4-15(14-16)8-11-22-18-7-2-1-6-17(18)20-9-12-21-13-10-20;/h3-5,14,17-18H,1-2,6-13H2;1H/t17-,18-;/m0./s1. The molecule has 1 heterocycles. The van der Waals surface area contributed by atoms with Crippen molar-refractivity contribution in [3.05, 3.63) is 34.3 Å². The Balaban J connectivity index is 0.00000192. The summed E-state index contributed by atoms with van der Waals surface area (Å²) in [6.07, 6.45) is 6.53. The van der Waals surface area contributed by atoms with Crippen LogP contribution in [0.2, 0.25) is 0 Å². The summed E-state index contributed by atoms with van der Waals surface area (Å²) in [6.45, 7) is 4.71. The first kappa shape index (κ1) is 19.2. The minimum Gasteiger partial charge on any atom is -0.379 e. The molecule has 1 aliphatic heterocycles. The SMILES string of the molecule is Brc1cccc(CCO[C@H]2CCCC[C@@H]2N2CCOCC2)c1.Cl. The van der Waals surface area contributed by atoms with Gasteiger partial charge in [-0.05, 0) is 37.0 Å². The van der Waals surface area contributed by atoms with Gasteiger partial charge in [-0.1, -0.05) is 40.9 Å². The third-order valence-corrected chi connectivity index (χ3v) is 5.29. The van der Waals surface area contributed by atoms with Crippen LogP contribution in [0.5, 0.6) is 0 Å². The molecular formula is C18H27BrClNO2. The Hall–Kier alpha value is -0.130.